The number of rotatable bonds is 7. The molecule has 9 heteroatoms. The summed E-state index contributed by atoms with van der Waals surface area (Å²) >= 11 is 8.07. The van der Waals surface area contributed by atoms with Gasteiger partial charge in [-0.1, -0.05) is 35.9 Å². The van der Waals surface area contributed by atoms with Crippen molar-refractivity contribution in [2.24, 2.45) is 0 Å². The molecular formula is C30H27ClN6OS. The van der Waals surface area contributed by atoms with Crippen LogP contribution in [0, 0.1) is 18.3 Å². The number of aromatic amines is 1. The van der Waals surface area contributed by atoms with E-state index in [9.17, 15) is 5.26 Å². The zero-order valence-electron chi connectivity index (χ0n) is 21.5. The van der Waals surface area contributed by atoms with Crippen LogP contribution >= 0.6 is 23.4 Å². The average molecular weight is 555 g/mol. The highest BCUT2D eigenvalue weighted by Gasteiger charge is 2.15. The van der Waals surface area contributed by atoms with Crippen LogP contribution in [0.5, 0.6) is 0 Å². The highest BCUT2D eigenvalue weighted by molar-refractivity contribution is 7.99. The van der Waals surface area contributed by atoms with E-state index < -0.39 is 0 Å². The van der Waals surface area contributed by atoms with Gasteiger partial charge in [-0.05, 0) is 75.3 Å². The van der Waals surface area contributed by atoms with Crippen LogP contribution in [0.2, 0.25) is 5.02 Å². The molecule has 7 nitrogen and oxygen atoms in total. The molecule has 0 bridgehead atoms. The summed E-state index contributed by atoms with van der Waals surface area (Å²) in [5, 5.41) is 15.4. The first-order chi connectivity index (χ1) is 19.1. The van der Waals surface area contributed by atoms with Crippen molar-refractivity contribution in [1.82, 2.24) is 19.9 Å². The van der Waals surface area contributed by atoms with Crippen molar-refractivity contribution >= 4 is 45.6 Å². The highest BCUT2D eigenvalue weighted by Crippen LogP contribution is 2.36. The first-order valence-corrected chi connectivity index (χ1v) is 14.2. The van der Waals surface area contributed by atoms with Gasteiger partial charge in [-0.15, -0.1) is 0 Å². The first-order valence-electron chi connectivity index (χ1n) is 13.0. The molecule has 1 aliphatic rings. The van der Waals surface area contributed by atoms with Gasteiger partial charge in [0.05, 0.1) is 28.3 Å². The summed E-state index contributed by atoms with van der Waals surface area (Å²) in [6.45, 7) is 5.06. The second kappa shape index (κ2) is 11.1. The topological polar surface area (TPSA) is 93.8 Å². The number of nitriles is 1. The molecule has 5 aromatic rings. The Kier molecular flexibility index (Phi) is 7.29. The van der Waals surface area contributed by atoms with Crippen LogP contribution in [0.25, 0.3) is 22.2 Å². The lowest BCUT2D eigenvalue weighted by atomic mass is 10.1. The van der Waals surface area contributed by atoms with Gasteiger partial charge in [-0.3, -0.25) is 9.88 Å². The number of aryl methyl sites for hydroxylation is 1. The predicted octanol–water partition coefficient (Wildman–Crippen LogP) is 7.93. The maximum Gasteiger partial charge on any atom is 0.170 e. The molecule has 4 heterocycles. The van der Waals surface area contributed by atoms with Crippen LogP contribution in [0.15, 0.2) is 75.4 Å². The molecular weight excluding hydrogens is 528 g/mol. The van der Waals surface area contributed by atoms with E-state index in [0.29, 0.717) is 16.3 Å². The third-order valence-corrected chi connectivity index (χ3v) is 8.25. The summed E-state index contributed by atoms with van der Waals surface area (Å²) in [7, 11) is 0. The molecule has 3 aromatic heterocycles. The minimum Gasteiger partial charge on any atom is -0.460 e. The number of nitrogens with zero attached hydrogens (tertiary/aromatic N) is 4. The highest BCUT2D eigenvalue weighted by atomic mass is 35.5. The van der Waals surface area contributed by atoms with Gasteiger partial charge in [0.25, 0.3) is 0 Å². The SMILES string of the molecule is Cc1cnc(Sc2ccc(Nc3c(C#N)cnc4cc(-c5ccc(CN6CCCCC6)o5)ccc34)cc2Cl)[nH]1. The number of hydrogen-bond acceptors (Lipinski definition) is 7. The maximum absolute atomic E-state index is 9.80. The summed E-state index contributed by atoms with van der Waals surface area (Å²) in [4.78, 5) is 15.4. The normalized spacial score (nSPS) is 14.0. The summed E-state index contributed by atoms with van der Waals surface area (Å²) in [6, 6.07) is 18.1. The lowest BCUT2D eigenvalue weighted by Gasteiger charge is -2.25. The van der Waals surface area contributed by atoms with Gasteiger partial charge in [0.2, 0.25) is 0 Å². The van der Waals surface area contributed by atoms with Gasteiger partial charge in [0, 0.05) is 39.6 Å². The fourth-order valence-corrected chi connectivity index (χ4v) is 5.99. The van der Waals surface area contributed by atoms with E-state index in [1.54, 1.807) is 12.4 Å². The van der Waals surface area contributed by atoms with E-state index >= 15 is 0 Å². The van der Waals surface area contributed by atoms with E-state index in [1.165, 1.54) is 31.0 Å². The number of benzene rings is 2. The Morgan fingerprint density at radius 1 is 1.08 bits per heavy atom. The molecule has 1 aliphatic heterocycles. The van der Waals surface area contributed by atoms with Crippen molar-refractivity contribution in [1.29, 1.82) is 5.26 Å². The van der Waals surface area contributed by atoms with Crippen molar-refractivity contribution in [2.75, 3.05) is 18.4 Å². The smallest absolute Gasteiger partial charge is 0.170 e. The molecule has 0 unspecified atom stereocenters. The Morgan fingerprint density at radius 2 is 1.95 bits per heavy atom. The summed E-state index contributed by atoms with van der Waals surface area (Å²) in [5.41, 5.74) is 4.65. The number of hydrogen-bond donors (Lipinski definition) is 2. The van der Waals surface area contributed by atoms with Gasteiger partial charge >= 0.3 is 0 Å². The first kappa shape index (κ1) is 25.5. The number of piperidine rings is 1. The fourth-order valence-electron chi connectivity index (χ4n) is 4.87. The van der Waals surface area contributed by atoms with Crippen LogP contribution < -0.4 is 5.32 Å². The predicted molar refractivity (Wildman–Crippen MR) is 155 cm³/mol. The van der Waals surface area contributed by atoms with Crippen molar-refractivity contribution in [2.45, 2.75) is 42.8 Å². The number of fused-ring (bicyclic) bond motifs is 1. The minimum absolute atomic E-state index is 0.456. The average Bonchev–Trinajstić information content (AvgIpc) is 3.59. The van der Waals surface area contributed by atoms with Crippen LogP contribution in [-0.2, 0) is 6.54 Å². The molecule has 1 saturated heterocycles. The molecule has 0 amide bonds. The molecule has 39 heavy (non-hydrogen) atoms. The van der Waals surface area contributed by atoms with Gasteiger partial charge in [-0.2, -0.15) is 5.26 Å². The van der Waals surface area contributed by atoms with Crippen molar-refractivity contribution in [3.63, 3.8) is 0 Å². The molecule has 1 fully saturated rings. The van der Waals surface area contributed by atoms with E-state index in [4.69, 9.17) is 16.0 Å². The number of H-pyrrole nitrogens is 1. The Morgan fingerprint density at radius 3 is 2.72 bits per heavy atom. The Balaban J connectivity index is 1.25. The standard InChI is InChI=1S/C30H27ClN6OS/c1-19-16-34-30(35-19)39-28-10-6-22(14-25(28)31)36-29-21(15-32)17-33-26-13-20(5-8-24(26)29)27-9-7-23(38-27)18-37-11-3-2-4-12-37/h5-10,13-14,16-17H,2-4,11-12,18H2,1H3,(H,33,36)(H,34,35). The van der Waals surface area contributed by atoms with Crippen molar-refractivity contribution in [3.8, 4) is 17.4 Å². The summed E-state index contributed by atoms with van der Waals surface area (Å²) in [5.74, 6) is 1.79. The zero-order chi connectivity index (χ0) is 26.8. The molecule has 2 N–H and O–H groups in total. The lowest BCUT2D eigenvalue weighted by Crippen LogP contribution is -2.28. The van der Waals surface area contributed by atoms with E-state index in [2.05, 4.69) is 37.3 Å². The van der Waals surface area contributed by atoms with Gasteiger partial charge < -0.3 is 14.7 Å². The molecule has 6 rings (SSSR count). The Bertz CT molecular complexity index is 1680. The third-order valence-electron chi connectivity index (χ3n) is 6.85. The van der Waals surface area contributed by atoms with Crippen LogP contribution in [0.4, 0.5) is 11.4 Å². The fraction of sp³-hybridized carbons (Fsp3) is 0.233. The minimum atomic E-state index is 0.456. The number of imidazole rings is 1. The number of furan rings is 1. The summed E-state index contributed by atoms with van der Waals surface area (Å²) < 4.78 is 6.20. The van der Waals surface area contributed by atoms with Crippen LogP contribution in [0.3, 0.4) is 0 Å². The number of likely N-dealkylation sites (tertiary alicyclic amines) is 1. The second-order valence-electron chi connectivity index (χ2n) is 9.74. The van der Waals surface area contributed by atoms with Crippen LogP contribution in [0.1, 0.15) is 36.3 Å². The summed E-state index contributed by atoms with van der Waals surface area (Å²) in [6.07, 6.45) is 7.21. The third kappa shape index (κ3) is 5.66. The maximum atomic E-state index is 9.80. The van der Waals surface area contributed by atoms with Crippen molar-refractivity contribution in [3.05, 3.63) is 83.0 Å². The molecule has 0 radical (unpaired) electrons. The molecule has 0 spiro atoms. The van der Waals surface area contributed by atoms with Gasteiger partial charge in [0.15, 0.2) is 5.16 Å². The van der Waals surface area contributed by atoms with Gasteiger partial charge in [-0.25, -0.2) is 4.98 Å². The van der Waals surface area contributed by atoms with Gasteiger partial charge in [0.1, 0.15) is 17.6 Å². The number of nitrogens with one attached hydrogen (secondary N) is 2. The molecule has 196 valence electrons. The van der Waals surface area contributed by atoms with Crippen molar-refractivity contribution < 1.29 is 4.42 Å². The Hall–Kier alpha value is -3.77. The molecule has 0 saturated carbocycles. The molecule has 2 aromatic carbocycles. The second-order valence-corrected chi connectivity index (χ2v) is 11.2. The molecule has 0 atom stereocenters. The zero-order valence-corrected chi connectivity index (χ0v) is 23.1. The largest absolute Gasteiger partial charge is 0.460 e. The molecule has 0 aliphatic carbocycles. The van der Waals surface area contributed by atoms with E-state index in [-0.39, 0.29) is 0 Å². The lowest BCUT2D eigenvalue weighted by molar-refractivity contribution is 0.206. The number of aromatic nitrogens is 3. The van der Waals surface area contributed by atoms with E-state index in [1.807, 2.05) is 49.4 Å². The quantitative estimate of drug-likeness (QED) is 0.211. The number of halogens is 1. The van der Waals surface area contributed by atoms with Crippen LogP contribution in [-0.4, -0.2) is 32.9 Å². The monoisotopic (exact) mass is 554 g/mol. The number of pyridine rings is 1. The Labute approximate surface area is 236 Å². The number of anilines is 2. The van der Waals surface area contributed by atoms with E-state index in [0.717, 1.165) is 69.1 Å².